The first-order valence-electron chi connectivity index (χ1n) is 34.6. The van der Waals surface area contributed by atoms with Gasteiger partial charge >= 0.3 is 44.4 Å². The lowest BCUT2D eigenvalue weighted by Gasteiger charge is -2.22. The van der Waals surface area contributed by atoms with Gasteiger partial charge in [0.05, 0.1) is 11.1 Å². The van der Waals surface area contributed by atoms with E-state index in [9.17, 15) is 69.3 Å². The van der Waals surface area contributed by atoms with Crippen LogP contribution in [0.3, 0.4) is 0 Å². The summed E-state index contributed by atoms with van der Waals surface area (Å²) >= 11 is 0. The van der Waals surface area contributed by atoms with E-state index >= 15 is 0 Å². The van der Waals surface area contributed by atoms with Gasteiger partial charge in [-0.25, -0.2) is 19.9 Å². The number of carboxylic acid groups (broad SMARTS) is 3. The van der Waals surface area contributed by atoms with Crippen molar-refractivity contribution < 1.29 is 111 Å². The highest BCUT2D eigenvalue weighted by Crippen LogP contribution is 2.43. The van der Waals surface area contributed by atoms with E-state index in [4.69, 9.17) is 42.2 Å². The fourth-order valence-electron chi connectivity index (χ4n) is 14.2. The molecule has 23 nitrogen and oxygen atoms in total. The number of carboxylic acids is 3. The molecule has 3 saturated heterocycles. The number of oxazole rings is 4. The first-order valence-corrected chi connectivity index (χ1v) is 34.6. The van der Waals surface area contributed by atoms with Crippen molar-refractivity contribution in [2.75, 3.05) is 19.6 Å². The number of benzene rings is 8. The second-order valence-corrected chi connectivity index (χ2v) is 26.2. The Morgan fingerprint density at radius 1 is 0.436 bits per heavy atom. The number of nitrogens with one attached hydrogen (secondary N) is 1. The zero-order valence-corrected chi connectivity index (χ0v) is 58.9. The van der Waals surface area contributed by atoms with Gasteiger partial charge in [0.2, 0.25) is 23.6 Å². The number of fused-ring (bicyclic) bond motifs is 4. The lowest BCUT2D eigenvalue weighted by molar-refractivity contribution is -0.143. The molecule has 0 bridgehead atoms. The third-order valence-corrected chi connectivity index (χ3v) is 19.5. The molecule has 31 heteroatoms. The molecular weight excluding hydrogens is 1450 g/mol. The van der Waals surface area contributed by atoms with Crippen molar-refractivity contribution >= 4 is 74.9 Å². The standard InChI is InChI=1S/C42H38F4N4O8.C32H20F4N2O6.C5H9NO2/c1-21-25(7-3-9-27(21)37-47-29-15-23(19-49-13-5-11-31(49)39(51)52)33(57-41(43)44)17-35(29)55-37)26-8-4-10-28(22(26)2)38-48-30-16-24(20-50-14-6-12-32(50)40(53)54)34(58-42(45)46)18-36(30)56-38;1-15-19(5-3-7-21(15)29-37-23-9-17(13-39)25(43-31(33)34)11-27(23)41-29)20-6-4-8-22(16(20)2)30-38-24-10-18(14-40)26(44-32(35)36)12-28(24)42-30;7-5(8)4-2-1-3-6-4/h3-4,7-10,15-18,31-32,41-42H,5-6,11-14,19-20H2,1-2H3,(H,51,52)(H,53,54);3-14,31-32H,1-2H3;4,6H,1-3H2,(H,7,8)/t31-,32-;;4-/m0.0/s1. The van der Waals surface area contributed by atoms with Gasteiger partial charge < -0.3 is 57.3 Å². The topological polar surface area (TPSA) is 306 Å². The normalized spacial score (nSPS) is 16.0. The molecule has 3 aliphatic rings. The van der Waals surface area contributed by atoms with Gasteiger partial charge in [0, 0.05) is 70.7 Å². The lowest BCUT2D eigenvalue weighted by atomic mass is 9.91. The third kappa shape index (κ3) is 16.2. The predicted molar refractivity (Wildman–Crippen MR) is 383 cm³/mol. The summed E-state index contributed by atoms with van der Waals surface area (Å²) in [6, 6.07) is 31.5. The maximum absolute atomic E-state index is 13.5. The molecule has 0 amide bonds. The van der Waals surface area contributed by atoms with Gasteiger partial charge in [-0.2, -0.15) is 35.1 Å². The molecule has 3 aliphatic heterocycles. The van der Waals surface area contributed by atoms with Crippen LogP contribution in [0.2, 0.25) is 0 Å². The average molecular weight is 1520 g/mol. The summed E-state index contributed by atoms with van der Waals surface area (Å²) in [5.41, 5.74) is 11.8. The minimum absolute atomic E-state index is 0.0823. The highest BCUT2D eigenvalue weighted by atomic mass is 19.3. The summed E-state index contributed by atoms with van der Waals surface area (Å²) in [6.45, 7) is -2.87. The van der Waals surface area contributed by atoms with Gasteiger partial charge in [0.1, 0.15) is 63.2 Å². The molecule has 570 valence electrons. The molecule has 0 aliphatic carbocycles. The van der Waals surface area contributed by atoms with E-state index in [0.29, 0.717) is 107 Å². The fraction of sp³-hybridized carbons (Fsp3) is 0.278. The van der Waals surface area contributed by atoms with Crippen LogP contribution in [-0.4, -0.2) is 140 Å². The molecule has 0 radical (unpaired) electrons. The molecule has 3 fully saturated rings. The number of hydrogen-bond acceptors (Lipinski definition) is 20. The lowest BCUT2D eigenvalue weighted by Crippen LogP contribution is -2.35. The maximum atomic E-state index is 13.5. The second-order valence-electron chi connectivity index (χ2n) is 26.2. The SMILES string of the molecule is Cc1c(-c2nc3cc(C=O)c(OC(F)F)cc3o2)cccc1-c1cccc(-c2nc3cc(C=O)c(OC(F)F)cc3o2)c1C.Cc1c(-c2nc3cc(CN4CCC[C@H]4C(=O)O)c(OC(F)F)cc3o2)cccc1-c1cccc(-c2nc3cc(CN4CCC[C@H]4C(=O)O)c(OC(F)F)cc3o2)c1C.O=C(O)[C@@H]1CCCN1. The Bertz CT molecular complexity index is 5180. The van der Waals surface area contributed by atoms with Crippen LogP contribution in [0.15, 0.2) is 139 Å². The number of alkyl halides is 8. The van der Waals surface area contributed by atoms with E-state index in [1.807, 2.05) is 88.4 Å². The Morgan fingerprint density at radius 2 is 0.736 bits per heavy atom. The summed E-state index contributed by atoms with van der Waals surface area (Å²) in [5, 5.41) is 30.5. The van der Waals surface area contributed by atoms with Crippen molar-refractivity contribution in [1.29, 1.82) is 0 Å². The largest absolute Gasteiger partial charge is 0.480 e. The number of halogens is 8. The number of ether oxygens (including phenoxy) is 4. The van der Waals surface area contributed by atoms with Crippen LogP contribution >= 0.6 is 0 Å². The van der Waals surface area contributed by atoms with E-state index in [2.05, 4.69) is 24.8 Å². The average Bonchev–Trinajstić information content (AvgIpc) is 1.66. The monoisotopic (exact) mass is 1520 g/mol. The van der Waals surface area contributed by atoms with Gasteiger partial charge in [0.15, 0.2) is 34.9 Å². The minimum Gasteiger partial charge on any atom is -0.480 e. The van der Waals surface area contributed by atoms with Gasteiger partial charge in [-0.1, -0.05) is 48.5 Å². The summed E-state index contributed by atoms with van der Waals surface area (Å²) in [7, 11) is 0. The Kier molecular flexibility index (Phi) is 22.4. The van der Waals surface area contributed by atoms with E-state index in [1.165, 1.54) is 36.4 Å². The molecule has 4 N–H and O–H groups in total. The molecule has 0 saturated carbocycles. The number of carbonyl (C=O) groups excluding carboxylic acids is 2. The molecular formula is C79H67F8N7O16. The second kappa shape index (κ2) is 32.4. The summed E-state index contributed by atoms with van der Waals surface area (Å²) in [6.07, 6.45) is 4.85. The van der Waals surface area contributed by atoms with E-state index in [0.717, 1.165) is 63.9 Å². The summed E-state index contributed by atoms with van der Waals surface area (Å²) < 4.78 is 148. The van der Waals surface area contributed by atoms with Crippen molar-refractivity contribution in [3.8, 4) is 91.1 Å². The van der Waals surface area contributed by atoms with Crippen molar-refractivity contribution in [3.05, 3.63) is 166 Å². The Morgan fingerprint density at radius 3 is 1.01 bits per heavy atom. The zero-order chi connectivity index (χ0) is 77.9. The fourth-order valence-corrected chi connectivity index (χ4v) is 14.2. The number of aldehydes is 2. The van der Waals surface area contributed by atoms with Crippen molar-refractivity contribution in [2.45, 2.75) is 124 Å². The number of likely N-dealkylation sites (tertiary alicyclic amines) is 2. The Labute approximate surface area is 618 Å². The molecule has 0 spiro atoms. The van der Waals surface area contributed by atoms with Crippen LogP contribution in [0.4, 0.5) is 35.1 Å². The van der Waals surface area contributed by atoms with Crippen LogP contribution < -0.4 is 24.3 Å². The number of aromatic nitrogens is 4. The van der Waals surface area contributed by atoms with Crippen molar-refractivity contribution in [1.82, 2.24) is 35.1 Å². The molecule has 110 heavy (non-hydrogen) atoms. The maximum Gasteiger partial charge on any atom is 0.387 e. The van der Waals surface area contributed by atoms with E-state index in [1.54, 1.807) is 34.1 Å². The summed E-state index contributed by atoms with van der Waals surface area (Å²) in [5.74, 6) is -2.62. The summed E-state index contributed by atoms with van der Waals surface area (Å²) in [4.78, 5) is 78.5. The Hall–Kier alpha value is -12.1. The predicted octanol–water partition coefficient (Wildman–Crippen LogP) is 17.1. The van der Waals surface area contributed by atoms with Crippen LogP contribution in [0.5, 0.6) is 23.0 Å². The first kappa shape index (κ1) is 76.1. The van der Waals surface area contributed by atoms with Gasteiger partial charge in [0.25, 0.3) is 0 Å². The van der Waals surface area contributed by atoms with Gasteiger partial charge in [-0.3, -0.25) is 33.8 Å². The van der Waals surface area contributed by atoms with Crippen LogP contribution in [-0.2, 0) is 27.5 Å². The van der Waals surface area contributed by atoms with Gasteiger partial charge in [-0.15, -0.1) is 0 Å². The van der Waals surface area contributed by atoms with E-state index < -0.39 is 56.4 Å². The van der Waals surface area contributed by atoms with Crippen molar-refractivity contribution in [3.63, 3.8) is 0 Å². The molecule has 12 aromatic rings. The molecule has 3 atom stereocenters. The molecule has 15 rings (SSSR count). The number of aliphatic carboxylic acids is 3. The molecule has 4 aromatic heterocycles. The number of rotatable bonds is 23. The van der Waals surface area contributed by atoms with Gasteiger partial charge in [-0.05, 0) is 179 Å². The zero-order valence-electron chi connectivity index (χ0n) is 58.9. The number of hydrogen-bond donors (Lipinski definition) is 4. The highest BCUT2D eigenvalue weighted by molar-refractivity contribution is 5.92. The van der Waals surface area contributed by atoms with Crippen LogP contribution in [0.25, 0.3) is 112 Å². The molecule has 0 unspecified atom stereocenters. The van der Waals surface area contributed by atoms with Crippen LogP contribution in [0.1, 0.15) is 92.6 Å². The highest BCUT2D eigenvalue weighted by Gasteiger charge is 2.34. The smallest absolute Gasteiger partial charge is 0.387 e. The quantitative estimate of drug-likeness (QED) is 0.0341. The third-order valence-electron chi connectivity index (χ3n) is 19.5. The van der Waals surface area contributed by atoms with E-state index in [-0.39, 0.29) is 99.2 Å². The number of nitrogens with zero attached hydrogens (tertiary/aromatic N) is 6. The Balaban J connectivity index is 0.000000180. The molecule has 7 heterocycles. The van der Waals surface area contributed by atoms with Crippen LogP contribution in [0, 0.1) is 27.7 Å². The minimum atomic E-state index is -3.12. The number of carbonyl (C=O) groups is 5. The van der Waals surface area contributed by atoms with Crippen molar-refractivity contribution in [2.24, 2.45) is 0 Å². The first-order chi connectivity index (χ1) is 52.8. The molecule has 8 aromatic carbocycles.